The molecule has 0 saturated carbocycles. The van der Waals surface area contributed by atoms with E-state index in [-0.39, 0.29) is 35.9 Å². The highest BCUT2D eigenvalue weighted by Crippen LogP contribution is 2.34. The molecule has 6 rings (SSSR count). The summed E-state index contributed by atoms with van der Waals surface area (Å²) in [5.74, 6) is 0.201. The van der Waals surface area contributed by atoms with Gasteiger partial charge in [-0.1, -0.05) is 36.4 Å². The molecular formula is C34H35N7O4S. The standard InChI is InChI=1S/C34H35N7O4S/c1-5-26-21-40(46(43,44)30-10-9-17-36-34(30)45-26)20-25-18-24(13-12-22(25)3)28(19-32(42)37-31-11-7-8-16-35-31)27-14-15-29-33(23(27)4)38-39-41(29)6-2/h7-19,26H,5-6,20-21H2,1-4H3,(H,35,37,42)/t26-/m1/s1. The molecule has 3 aromatic heterocycles. The number of nitrogens with zero attached hydrogens (tertiary/aromatic N) is 6. The summed E-state index contributed by atoms with van der Waals surface area (Å²) in [6.45, 7) is 8.85. The van der Waals surface area contributed by atoms with Crippen LogP contribution >= 0.6 is 0 Å². The van der Waals surface area contributed by atoms with Gasteiger partial charge < -0.3 is 10.1 Å². The third kappa shape index (κ3) is 6.01. The van der Waals surface area contributed by atoms with Crippen LogP contribution in [0.2, 0.25) is 0 Å². The Hall–Kier alpha value is -4.94. The number of rotatable bonds is 8. The average Bonchev–Trinajstić information content (AvgIpc) is 3.45. The first-order valence-electron chi connectivity index (χ1n) is 15.2. The molecule has 1 N–H and O–H groups in total. The highest BCUT2D eigenvalue weighted by atomic mass is 32.2. The highest BCUT2D eigenvalue weighted by molar-refractivity contribution is 7.89. The molecule has 11 nitrogen and oxygen atoms in total. The third-order valence-corrected chi connectivity index (χ3v) is 10.0. The Morgan fingerprint density at radius 2 is 1.87 bits per heavy atom. The summed E-state index contributed by atoms with van der Waals surface area (Å²) in [4.78, 5) is 21.9. The second kappa shape index (κ2) is 12.8. The molecule has 1 aliphatic heterocycles. The number of fused-ring (bicyclic) bond motifs is 2. The number of carbonyl (C=O) groups excluding carboxylic acids is 1. The number of nitrogens with one attached hydrogen (secondary N) is 1. The molecule has 0 aliphatic carbocycles. The number of anilines is 1. The Morgan fingerprint density at radius 1 is 1.04 bits per heavy atom. The molecule has 0 unspecified atom stereocenters. The van der Waals surface area contributed by atoms with Crippen LogP contribution in [0.1, 0.15) is 48.1 Å². The zero-order valence-electron chi connectivity index (χ0n) is 26.1. The molecule has 4 heterocycles. The number of carbonyl (C=O) groups is 1. The minimum absolute atomic E-state index is 0.0515. The van der Waals surface area contributed by atoms with Gasteiger partial charge in [0.25, 0.3) is 0 Å². The second-order valence-corrected chi connectivity index (χ2v) is 13.1. The van der Waals surface area contributed by atoms with Crippen molar-refractivity contribution in [2.24, 2.45) is 0 Å². The summed E-state index contributed by atoms with van der Waals surface area (Å²) < 4.78 is 37.0. The zero-order valence-corrected chi connectivity index (χ0v) is 27.0. The maximum atomic E-state index is 13.9. The molecular weight excluding hydrogens is 602 g/mol. The van der Waals surface area contributed by atoms with Crippen LogP contribution < -0.4 is 10.1 Å². The van der Waals surface area contributed by atoms with Gasteiger partial charge in [0.05, 0.1) is 12.1 Å². The van der Waals surface area contributed by atoms with Crippen molar-refractivity contribution in [1.82, 2.24) is 29.3 Å². The Kier molecular flexibility index (Phi) is 8.65. The van der Waals surface area contributed by atoms with Gasteiger partial charge in [-0.2, -0.15) is 4.31 Å². The number of hydrogen-bond donors (Lipinski definition) is 1. The van der Waals surface area contributed by atoms with E-state index in [1.165, 1.54) is 16.6 Å². The Morgan fingerprint density at radius 3 is 2.63 bits per heavy atom. The average molecular weight is 638 g/mol. The molecule has 236 valence electrons. The Bertz CT molecular complexity index is 2060. The number of sulfonamides is 1. The molecule has 0 radical (unpaired) electrons. The highest BCUT2D eigenvalue weighted by Gasteiger charge is 2.35. The molecule has 0 saturated heterocycles. The van der Waals surface area contributed by atoms with Gasteiger partial charge in [0.1, 0.15) is 22.3 Å². The molecule has 1 aliphatic rings. The van der Waals surface area contributed by atoms with E-state index >= 15 is 0 Å². The molecule has 0 fully saturated rings. The molecule has 5 aromatic rings. The van der Waals surface area contributed by atoms with Crippen molar-refractivity contribution in [1.29, 1.82) is 0 Å². The lowest BCUT2D eigenvalue weighted by Crippen LogP contribution is -2.36. The van der Waals surface area contributed by atoms with Crippen molar-refractivity contribution in [3.63, 3.8) is 0 Å². The van der Waals surface area contributed by atoms with E-state index in [1.54, 1.807) is 36.5 Å². The molecule has 46 heavy (non-hydrogen) atoms. The van der Waals surface area contributed by atoms with E-state index in [4.69, 9.17) is 4.74 Å². The smallest absolute Gasteiger partial charge is 0.250 e. The maximum absolute atomic E-state index is 13.9. The molecule has 1 atom stereocenters. The number of aromatic nitrogens is 5. The number of aryl methyl sites for hydroxylation is 3. The Labute approximate surface area is 268 Å². The van der Waals surface area contributed by atoms with Gasteiger partial charge in [-0.3, -0.25) is 4.79 Å². The topological polar surface area (TPSA) is 132 Å². The summed E-state index contributed by atoms with van der Waals surface area (Å²) in [5, 5.41) is 11.6. The Balaban J connectivity index is 1.44. The second-order valence-electron chi connectivity index (χ2n) is 11.2. The lowest BCUT2D eigenvalue weighted by Gasteiger charge is -2.23. The van der Waals surface area contributed by atoms with Crippen molar-refractivity contribution in [2.45, 2.75) is 58.2 Å². The quantitative estimate of drug-likeness (QED) is 0.227. The lowest BCUT2D eigenvalue weighted by molar-refractivity contribution is -0.111. The van der Waals surface area contributed by atoms with Crippen LogP contribution in [0.4, 0.5) is 5.82 Å². The SMILES string of the molecule is CC[C@@H]1CN(Cc2cc(C(=CC(=O)Nc3ccccn3)c3ccc4c(nnn4CC)c3C)ccc2C)S(=O)(=O)c2cccnc2O1. The van der Waals surface area contributed by atoms with Crippen molar-refractivity contribution in [3.05, 3.63) is 107 Å². The summed E-state index contributed by atoms with van der Waals surface area (Å²) in [7, 11) is -3.90. The van der Waals surface area contributed by atoms with Crippen LogP contribution in [0.3, 0.4) is 0 Å². The summed E-state index contributed by atoms with van der Waals surface area (Å²) in [6.07, 6.45) is 4.95. The van der Waals surface area contributed by atoms with Crippen molar-refractivity contribution >= 4 is 38.4 Å². The first-order chi connectivity index (χ1) is 22.2. The fraction of sp³-hybridized carbons (Fsp3) is 0.265. The van der Waals surface area contributed by atoms with E-state index in [0.29, 0.717) is 24.4 Å². The molecule has 1 amide bonds. The van der Waals surface area contributed by atoms with Crippen LogP contribution in [-0.4, -0.2) is 56.2 Å². The van der Waals surface area contributed by atoms with E-state index in [0.717, 1.165) is 38.9 Å². The van der Waals surface area contributed by atoms with Crippen molar-refractivity contribution in [3.8, 4) is 5.88 Å². The van der Waals surface area contributed by atoms with Crippen LogP contribution in [0, 0.1) is 13.8 Å². The molecule has 0 spiro atoms. The summed E-state index contributed by atoms with van der Waals surface area (Å²) in [6, 6.07) is 18.2. The van der Waals surface area contributed by atoms with Crippen LogP contribution in [0.15, 0.2) is 84.0 Å². The van der Waals surface area contributed by atoms with E-state index in [2.05, 4.69) is 25.6 Å². The first kappa shape index (κ1) is 31.1. The fourth-order valence-corrected chi connectivity index (χ4v) is 7.14. The number of hydrogen-bond acceptors (Lipinski definition) is 8. The predicted octanol–water partition coefficient (Wildman–Crippen LogP) is 5.29. The molecule has 0 bridgehead atoms. The van der Waals surface area contributed by atoms with Gasteiger partial charge >= 0.3 is 0 Å². The van der Waals surface area contributed by atoms with Gasteiger partial charge in [0.15, 0.2) is 0 Å². The van der Waals surface area contributed by atoms with Gasteiger partial charge in [-0.25, -0.2) is 23.1 Å². The normalized spacial score (nSPS) is 16.4. The number of amides is 1. The number of benzene rings is 2. The van der Waals surface area contributed by atoms with Gasteiger partial charge in [0.2, 0.25) is 21.8 Å². The lowest BCUT2D eigenvalue weighted by atomic mass is 9.91. The number of ether oxygens (including phenoxy) is 1. The van der Waals surface area contributed by atoms with E-state index in [9.17, 15) is 13.2 Å². The number of pyridine rings is 2. The first-order valence-corrected chi connectivity index (χ1v) is 16.6. The minimum Gasteiger partial charge on any atom is -0.472 e. The van der Waals surface area contributed by atoms with Crippen LogP contribution in [0.25, 0.3) is 16.6 Å². The monoisotopic (exact) mass is 637 g/mol. The molecule has 12 heteroatoms. The summed E-state index contributed by atoms with van der Waals surface area (Å²) >= 11 is 0. The van der Waals surface area contributed by atoms with Gasteiger partial charge in [0, 0.05) is 31.6 Å². The van der Waals surface area contributed by atoms with E-state index < -0.39 is 10.0 Å². The molecule has 2 aromatic carbocycles. The van der Waals surface area contributed by atoms with Crippen LogP contribution in [0.5, 0.6) is 5.88 Å². The fourth-order valence-electron chi connectivity index (χ4n) is 5.62. The largest absolute Gasteiger partial charge is 0.472 e. The summed E-state index contributed by atoms with van der Waals surface area (Å²) in [5.41, 5.74) is 6.45. The maximum Gasteiger partial charge on any atom is 0.250 e. The van der Waals surface area contributed by atoms with E-state index in [1.807, 2.05) is 62.7 Å². The zero-order chi connectivity index (χ0) is 32.4. The van der Waals surface area contributed by atoms with Gasteiger partial charge in [-0.05, 0) is 97.0 Å². The minimum atomic E-state index is -3.90. The van der Waals surface area contributed by atoms with Crippen molar-refractivity contribution in [2.75, 3.05) is 11.9 Å². The van der Waals surface area contributed by atoms with Crippen LogP contribution in [-0.2, 0) is 27.9 Å². The predicted molar refractivity (Wildman–Crippen MR) is 176 cm³/mol. The third-order valence-electron chi connectivity index (χ3n) is 8.22. The van der Waals surface area contributed by atoms with Gasteiger partial charge in [-0.15, -0.1) is 5.10 Å². The van der Waals surface area contributed by atoms with Crippen molar-refractivity contribution < 1.29 is 17.9 Å².